The van der Waals surface area contributed by atoms with Crippen LogP contribution in [-0.2, 0) is 0 Å². The lowest BCUT2D eigenvalue weighted by Crippen LogP contribution is -2.38. The van der Waals surface area contributed by atoms with Crippen molar-refractivity contribution in [1.29, 1.82) is 0 Å². The molecule has 1 saturated heterocycles. The van der Waals surface area contributed by atoms with E-state index < -0.39 is 0 Å². The highest BCUT2D eigenvalue weighted by molar-refractivity contribution is 9.09. The molecule has 1 fully saturated rings. The predicted octanol–water partition coefficient (Wildman–Crippen LogP) is 2.98. The molecule has 0 bridgehead atoms. The number of hydrogen-bond acceptors (Lipinski definition) is 2. The summed E-state index contributed by atoms with van der Waals surface area (Å²) in [7, 11) is 0. The molecular formula is C12H14BrClN2O. The Morgan fingerprint density at radius 2 is 2.24 bits per heavy atom. The van der Waals surface area contributed by atoms with E-state index in [1.165, 1.54) is 6.20 Å². The maximum atomic E-state index is 12.2. The van der Waals surface area contributed by atoms with Crippen molar-refractivity contribution >= 4 is 33.4 Å². The molecule has 0 N–H and O–H groups in total. The minimum Gasteiger partial charge on any atom is -0.339 e. The number of aromatic nitrogens is 1. The fraction of sp³-hybridized carbons (Fsp3) is 0.500. The first-order chi connectivity index (χ1) is 8.22. The Labute approximate surface area is 114 Å². The molecule has 0 aliphatic carbocycles. The molecule has 1 aliphatic rings. The van der Waals surface area contributed by atoms with Crippen molar-refractivity contribution in [2.45, 2.75) is 12.8 Å². The lowest BCUT2D eigenvalue weighted by molar-refractivity contribution is 0.0699. The van der Waals surface area contributed by atoms with Gasteiger partial charge in [-0.3, -0.25) is 9.78 Å². The molecule has 1 aromatic heterocycles. The van der Waals surface area contributed by atoms with Gasteiger partial charge in [0, 0.05) is 30.8 Å². The van der Waals surface area contributed by atoms with Crippen LogP contribution >= 0.6 is 27.5 Å². The Balaban J connectivity index is 2.04. The summed E-state index contributed by atoms with van der Waals surface area (Å²) in [6.07, 6.45) is 5.23. The van der Waals surface area contributed by atoms with Gasteiger partial charge in [0.25, 0.3) is 5.91 Å². The van der Waals surface area contributed by atoms with Crippen LogP contribution < -0.4 is 0 Å². The fourth-order valence-electron chi connectivity index (χ4n) is 2.01. The number of pyridine rings is 1. The van der Waals surface area contributed by atoms with Gasteiger partial charge in [0.15, 0.2) is 0 Å². The van der Waals surface area contributed by atoms with Crippen LogP contribution in [0.15, 0.2) is 18.5 Å². The van der Waals surface area contributed by atoms with Crippen LogP contribution in [0.4, 0.5) is 0 Å². The molecule has 2 heterocycles. The SMILES string of the molecule is O=C(c1ccncc1Cl)N1CCC(CBr)CC1. The van der Waals surface area contributed by atoms with E-state index in [4.69, 9.17) is 11.6 Å². The molecule has 3 nitrogen and oxygen atoms in total. The first-order valence-corrected chi connectivity index (χ1v) is 7.17. The van der Waals surface area contributed by atoms with E-state index in [1.807, 2.05) is 4.90 Å². The number of amides is 1. The van der Waals surface area contributed by atoms with Gasteiger partial charge in [-0.15, -0.1) is 0 Å². The third-order valence-electron chi connectivity index (χ3n) is 3.12. The Morgan fingerprint density at radius 1 is 1.53 bits per heavy atom. The summed E-state index contributed by atoms with van der Waals surface area (Å²) in [4.78, 5) is 18.0. The van der Waals surface area contributed by atoms with Gasteiger partial charge in [0.2, 0.25) is 0 Å². The quantitative estimate of drug-likeness (QED) is 0.786. The summed E-state index contributed by atoms with van der Waals surface area (Å²) in [5, 5.41) is 1.45. The van der Waals surface area contributed by atoms with E-state index in [0.29, 0.717) is 16.5 Å². The first kappa shape index (κ1) is 12.8. The second-order valence-corrected chi connectivity index (χ2v) is 5.30. The average molecular weight is 318 g/mol. The summed E-state index contributed by atoms with van der Waals surface area (Å²) in [5.74, 6) is 0.706. The molecule has 2 rings (SSSR count). The van der Waals surface area contributed by atoms with Gasteiger partial charge >= 0.3 is 0 Å². The van der Waals surface area contributed by atoms with Gasteiger partial charge in [-0.05, 0) is 24.8 Å². The minimum absolute atomic E-state index is 0.0189. The summed E-state index contributed by atoms with van der Waals surface area (Å²) in [6.45, 7) is 1.63. The van der Waals surface area contributed by atoms with Crippen molar-refractivity contribution < 1.29 is 4.79 Å². The highest BCUT2D eigenvalue weighted by Gasteiger charge is 2.24. The summed E-state index contributed by atoms with van der Waals surface area (Å²) >= 11 is 9.47. The van der Waals surface area contributed by atoms with E-state index in [0.717, 1.165) is 31.3 Å². The maximum absolute atomic E-state index is 12.2. The van der Waals surface area contributed by atoms with Crippen LogP contribution in [0.2, 0.25) is 5.02 Å². The zero-order valence-corrected chi connectivity index (χ0v) is 11.7. The van der Waals surface area contributed by atoms with Crippen LogP contribution in [-0.4, -0.2) is 34.2 Å². The van der Waals surface area contributed by atoms with Crippen molar-refractivity contribution in [3.63, 3.8) is 0 Å². The van der Waals surface area contributed by atoms with Gasteiger partial charge in [-0.1, -0.05) is 27.5 Å². The predicted molar refractivity (Wildman–Crippen MR) is 71.7 cm³/mol. The second kappa shape index (κ2) is 5.83. The van der Waals surface area contributed by atoms with Crippen molar-refractivity contribution in [3.05, 3.63) is 29.0 Å². The zero-order valence-electron chi connectivity index (χ0n) is 9.40. The standard InChI is InChI=1S/C12H14BrClN2O/c13-7-9-2-5-16(6-3-9)12(17)10-1-4-15-8-11(10)14/h1,4,8-9H,2-3,5-7H2. The lowest BCUT2D eigenvalue weighted by atomic mass is 9.98. The van der Waals surface area contributed by atoms with E-state index in [1.54, 1.807) is 12.3 Å². The van der Waals surface area contributed by atoms with E-state index >= 15 is 0 Å². The molecular weight excluding hydrogens is 304 g/mol. The Bertz CT molecular complexity index is 405. The number of rotatable bonds is 2. The summed E-state index contributed by atoms with van der Waals surface area (Å²) in [5.41, 5.74) is 0.555. The molecule has 0 atom stereocenters. The van der Waals surface area contributed by atoms with Crippen molar-refractivity contribution in [3.8, 4) is 0 Å². The molecule has 92 valence electrons. The normalized spacial score (nSPS) is 17.2. The molecule has 0 saturated carbocycles. The Kier molecular flexibility index (Phi) is 4.40. The van der Waals surface area contributed by atoms with Crippen LogP contribution in [0.1, 0.15) is 23.2 Å². The third-order valence-corrected chi connectivity index (χ3v) is 4.34. The highest BCUT2D eigenvalue weighted by atomic mass is 79.9. The number of carbonyl (C=O) groups excluding carboxylic acids is 1. The summed E-state index contributed by atoms with van der Waals surface area (Å²) in [6, 6.07) is 1.68. The topological polar surface area (TPSA) is 33.2 Å². The van der Waals surface area contributed by atoms with Gasteiger partial charge in [0.05, 0.1) is 10.6 Å². The zero-order chi connectivity index (χ0) is 12.3. The largest absolute Gasteiger partial charge is 0.339 e. The van der Waals surface area contributed by atoms with E-state index in [9.17, 15) is 4.79 Å². The Hall–Kier alpha value is -0.610. The van der Waals surface area contributed by atoms with Crippen LogP contribution in [0.25, 0.3) is 0 Å². The molecule has 0 spiro atoms. The number of alkyl halides is 1. The van der Waals surface area contributed by atoms with Gasteiger partial charge < -0.3 is 4.90 Å². The maximum Gasteiger partial charge on any atom is 0.255 e. The molecule has 0 aromatic carbocycles. The van der Waals surface area contributed by atoms with Gasteiger partial charge in [0.1, 0.15) is 0 Å². The second-order valence-electron chi connectivity index (χ2n) is 4.25. The number of carbonyl (C=O) groups is 1. The van der Waals surface area contributed by atoms with Crippen LogP contribution in [0, 0.1) is 5.92 Å². The fourth-order valence-corrected chi connectivity index (χ4v) is 2.86. The van der Waals surface area contributed by atoms with Crippen LogP contribution in [0.3, 0.4) is 0 Å². The monoisotopic (exact) mass is 316 g/mol. The summed E-state index contributed by atoms with van der Waals surface area (Å²) < 4.78 is 0. The molecule has 0 unspecified atom stereocenters. The molecule has 1 aliphatic heterocycles. The smallest absolute Gasteiger partial charge is 0.255 e. The number of likely N-dealkylation sites (tertiary alicyclic amines) is 1. The first-order valence-electron chi connectivity index (χ1n) is 5.67. The van der Waals surface area contributed by atoms with Crippen LogP contribution in [0.5, 0.6) is 0 Å². The number of piperidine rings is 1. The number of nitrogens with zero attached hydrogens (tertiary/aromatic N) is 2. The number of halogens is 2. The van der Waals surface area contributed by atoms with E-state index in [2.05, 4.69) is 20.9 Å². The van der Waals surface area contributed by atoms with Gasteiger partial charge in [-0.2, -0.15) is 0 Å². The molecule has 5 heteroatoms. The molecule has 0 radical (unpaired) electrons. The average Bonchev–Trinajstić information content (AvgIpc) is 2.39. The lowest BCUT2D eigenvalue weighted by Gasteiger charge is -2.31. The van der Waals surface area contributed by atoms with Crippen molar-refractivity contribution in [2.24, 2.45) is 5.92 Å². The third kappa shape index (κ3) is 2.99. The van der Waals surface area contributed by atoms with Crippen molar-refractivity contribution in [1.82, 2.24) is 9.88 Å². The number of hydrogen-bond donors (Lipinski definition) is 0. The minimum atomic E-state index is 0.0189. The highest BCUT2D eigenvalue weighted by Crippen LogP contribution is 2.22. The molecule has 17 heavy (non-hydrogen) atoms. The molecule has 1 amide bonds. The molecule has 1 aromatic rings. The van der Waals surface area contributed by atoms with Gasteiger partial charge in [-0.25, -0.2) is 0 Å². The van der Waals surface area contributed by atoms with E-state index in [-0.39, 0.29) is 5.91 Å². The Morgan fingerprint density at radius 3 is 2.82 bits per heavy atom. The van der Waals surface area contributed by atoms with Crippen molar-refractivity contribution in [2.75, 3.05) is 18.4 Å².